The molecule has 1 aromatic heterocycles. The van der Waals surface area contributed by atoms with E-state index in [9.17, 15) is 13.2 Å². The molecule has 19 heavy (non-hydrogen) atoms. The van der Waals surface area contributed by atoms with Crippen molar-refractivity contribution in [2.24, 2.45) is 0 Å². The van der Waals surface area contributed by atoms with Crippen LogP contribution in [0.15, 0.2) is 29.2 Å². The number of benzene rings is 1. The summed E-state index contributed by atoms with van der Waals surface area (Å²) in [5, 5.41) is 19.4. The highest BCUT2D eigenvalue weighted by Crippen LogP contribution is 2.18. The minimum Gasteiger partial charge on any atom is -0.480 e. The number of aromatic nitrogens is 4. The summed E-state index contributed by atoms with van der Waals surface area (Å²) in [6.07, 6.45) is 1.11. The van der Waals surface area contributed by atoms with Crippen LogP contribution in [-0.2, 0) is 21.2 Å². The third kappa shape index (κ3) is 2.94. The van der Waals surface area contributed by atoms with E-state index in [1.807, 2.05) is 0 Å². The molecular weight excluding hydrogens is 272 g/mol. The first-order valence-electron chi connectivity index (χ1n) is 5.16. The summed E-state index contributed by atoms with van der Waals surface area (Å²) in [6.45, 7) is -0.365. The Morgan fingerprint density at radius 3 is 2.47 bits per heavy atom. The molecule has 2 aromatic rings. The van der Waals surface area contributed by atoms with Crippen LogP contribution in [0.1, 0.15) is 0 Å². The summed E-state index contributed by atoms with van der Waals surface area (Å²) in [4.78, 5) is 10.8. The molecule has 0 atom stereocenters. The summed E-state index contributed by atoms with van der Waals surface area (Å²) in [5.41, 5.74) is 0.540. The van der Waals surface area contributed by atoms with Crippen molar-refractivity contribution >= 4 is 15.8 Å². The SMILES string of the molecule is CS(=O)(=O)c1ccc(-c2nnnn2CC(=O)O)cc1. The number of rotatable bonds is 4. The van der Waals surface area contributed by atoms with Crippen LogP contribution in [0.2, 0.25) is 0 Å². The molecule has 0 fully saturated rings. The van der Waals surface area contributed by atoms with Crippen molar-refractivity contribution in [1.82, 2.24) is 20.2 Å². The van der Waals surface area contributed by atoms with E-state index in [1.54, 1.807) is 0 Å². The van der Waals surface area contributed by atoms with E-state index in [4.69, 9.17) is 5.11 Å². The van der Waals surface area contributed by atoms with Gasteiger partial charge in [0.25, 0.3) is 0 Å². The molecule has 0 aliphatic heterocycles. The highest BCUT2D eigenvalue weighted by atomic mass is 32.2. The van der Waals surface area contributed by atoms with Gasteiger partial charge in [0.15, 0.2) is 15.7 Å². The van der Waals surface area contributed by atoms with Gasteiger partial charge < -0.3 is 5.11 Å². The summed E-state index contributed by atoms with van der Waals surface area (Å²) >= 11 is 0. The van der Waals surface area contributed by atoms with Crippen molar-refractivity contribution in [3.63, 3.8) is 0 Å². The Kier molecular flexibility index (Phi) is 3.30. The van der Waals surface area contributed by atoms with E-state index in [0.717, 1.165) is 10.9 Å². The molecule has 0 saturated heterocycles. The highest BCUT2D eigenvalue weighted by Gasteiger charge is 2.13. The fourth-order valence-electron chi connectivity index (χ4n) is 1.50. The first kappa shape index (κ1) is 13.1. The van der Waals surface area contributed by atoms with Gasteiger partial charge in [-0.3, -0.25) is 4.79 Å². The van der Waals surface area contributed by atoms with E-state index >= 15 is 0 Å². The molecule has 0 saturated carbocycles. The maximum absolute atomic E-state index is 11.3. The summed E-state index contributed by atoms with van der Waals surface area (Å²) < 4.78 is 23.8. The molecule has 0 amide bonds. The van der Waals surface area contributed by atoms with Crippen molar-refractivity contribution in [2.45, 2.75) is 11.4 Å². The number of nitrogens with zero attached hydrogens (tertiary/aromatic N) is 4. The zero-order valence-corrected chi connectivity index (χ0v) is 10.7. The van der Waals surface area contributed by atoms with Crippen molar-refractivity contribution in [2.75, 3.05) is 6.26 Å². The first-order chi connectivity index (χ1) is 8.88. The van der Waals surface area contributed by atoms with E-state index in [0.29, 0.717) is 5.56 Å². The van der Waals surface area contributed by atoms with Gasteiger partial charge in [-0.2, -0.15) is 0 Å². The largest absolute Gasteiger partial charge is 0.480 e. The van der Waals surface area contributed by atoms with Gasteiger partial charge in [-0.1, -0.05) is 0 Å². The van der Waals surface area contributed by atoms with Gasteiger partial charge in [-0.05, 0) is 34.7 Å². The number of carboxylic acid groups (broad SMARTS) is 1. The maximum Gasteiger partial charge on any atom is 0.325 e. The quantitative estimate of drug-likeness (QED) is 0.827. The Balaban J connectivity index is 2.38. The van der Waals surface area contributed by atoms with Crippen LogP contribution >= 0.6 is 0 Å². The van der Waals surface area contributed by atoms with Crippen LogP contribution in [0.25, 0.3) is 11.4 Å². The average Bonchev–Trinajstić information content (AvgIpc) is 2.75. The summed E-state index contributed by atoms with van der Waals surface area (Å²) in [7, 11) is -3.27. The van der Waals surface area contributed by atoms with Crippen molar-refractivity contribution in [3.05, 3.63) is 24.3 Å². The molecule has 1 aromatic carbocycles. The van der Waals surface area contributed by atoms with Gasteiger partial charge in [0.05, 0.1) is 4.90 Å². The van der Waals surface area contributed by atoms with Gasteiger partial charge in [-0.15, -0.1) is 5.10 Å². The van der Waals surface area contributed by atoms with Crippen LogP contribution < -0.4 is 0 Å². The molecule has 1 N–H and O–H groups in total. The fourth-order valence-corrected chi connectivity index (χ4v) is 2.13. The minimum atomic E-state index is -3.27. The lowest BCUT2D eigenvalue weighted by Crippen LogP contribution is -2.11. The Labute approximate surface area is 108 Å². The third-order valence-electron chi connectivity index (χ3n) is 2.36. The van der Waals surface area contributed by atoms with Crippen molar-refractivity contribution in [3.8, 4) is 11.4 Å². The predicted molar refractivity (Wildman–Crippen MR) is 64.0 cm³/mol. The number of hydrogen-bond donors (Lipinski definition) is 1. The summed E-state index contributed by atoms with van der Waals surface area (Å²) in [6, 6.07) is 5.90. The second kappa shape index (κ2) is 4.76. The molecule has 0 aliphatic carbocycles. The number of sulfone groups is 1. The van der Waals surface area contributed by atoms with E-state index < -0.39 is 15.8 Å². The van der Waals surface area contributed by atoms with Crippen LogP contribution in [-0.4, -0.2) is 46.0 Å². The van der Waals surface area contributed by atoms with Crippen molar-refractivity contribution in [1.29, 1.82) is 0 Å². The number of hydrogen-bond acceptors (Lipinski definition) is 6. The van der Waals surface area contributed by atoms with E-state index in [1.165, 1.54) is 24.3 Å². The van der Waals surface area contributed by atoms with Crippen LogP contribution in [0, 0.1) is 0 Å². The molecule has 0 aliphatic rings. The van der Waals surface area contributed by atoms with Crippen LogP contribution in [0.5, 0.6) is 0 Å². The molecule has 1 heterocycles. The van der Waals surface area contributed by atoms with Gasteiger partial charge in [-0.25, -0.2) is 13.1 Å². The lowest BCUT2D eigenvalue weighted by atomic mass is 10.2. The van der Waals surface area contributed by atoms with Gasteiger partial charge in [0.1, 0.15) is 6.54 Å². The number of tetrazole rings is 1. The minimum absolute atomic E-state index is 0.175. The normalized spacial score (nSPS) is 11.4. The molecule has 0 spiro atoms. The average molecular weight is 282 g/mol. The molecule has 2 rings (SSSR count). The Morgan fingerprint density at radius 1 is 1.32 bits per heavy atom. The Bertz CT molecular complexity index is 705. The lowest BCUT2D eigenvalue weighted by molar-refractivity contribution is -0.137. The van der Waals surface area contributed by atoms with Crippen LogP contribution in [0.3, 0.4) is 0 Å². The zero-order valence-electron chi connectivity index (χ0n) is 9.89. The van der Waals surface area contributed by atoms with Gasteiger partial charge in [0.2, 0.25) is 0 Å². The van der Waals surface area contributed by atoms with Crippen LogP contribution in [0.4, 0.5) is 0 Å². The number of aliphatic carboxylic acids is 1. The van der Waals surface area contributed by atoms with Crippen molar-refractivity contribution < 1.29 is 18.3 Å². The molecule has 100 valence electrons. The zero-order chi connectivity index (χ0) is 14.0. The highest BCUT2D eigenvalue weighted by molar-refractivity contribution is 7.90. The number of carbonyl (C=O) groups is 1. The molecule has 9 heteroatoms. The maximum atomic E-state index is 11.3. The van der Waals surface area contributed by atoms with Gasteiger partial charge >= 0.3 is 5.97 Å². The monoisotopic (exact) mass is 282 g/mol. The number of carboxylic acids is 1. The fraction of sp³-hybridized carbons (Fsp3) is 0.200. The summed E-state index contributed by atoms with van der Waals surface area (Å²) in [5.74, 6) is -0.802. The molecule has 0 radical (unpaired) electrons. The second-order valence-electron chi connectivity index (χ2n) is 3.85. The predicted octanol–water partition coefficient (Wildman–Crippen LogP) is -0.172. The molecule has 0 unspecified atom stereocenters. The van der Waals surface area contributed by atoms with E-state index in [-0.39, 0.29) is 17.3 Å². The third-order valence-corrected chi connectivity index (χ3v) is 3.49. The smallest absolute Gasteiger partial charge is 0.325 e. The molecule has 0 bridgehead atoms. The van der Waals surface area contributed by atoms with E-state index in [2.05, 4.69) is 15.5 Å². The Morgan fingerprint density at radius 2 is 1.95 bits per heavy atom. The molecule has 8 nitrogen and oxygen atoms in total. The molecular formula is C10H10N4O4S. The Hall–Kier alpha value is -2.29. The first-order valence-corrected chi connectivity index (χ1v) is 7.05. The topological polar surface area (TPSA) is 115 Å². The lowest BCUT2D eigenvalue weighted by Gasteiger charge is -2.03. The standard InChI is InChI=1S/C10H10N4O4S/c1-19(17,18)8-4-2-7(3-5-8)10-11-12-13-14(10)6-9(15)16/h2-5H,6H2,1H3,(H,15,16). The second-order valence-corrected chi connectivity index (χ2v) is 5.87. The van der Waals surface area contributed by atoms with Gasteiger partial charge in [0, 0.05) is 11.8 Å².